The van der Waals surface area contributed by atoms with Crippen LogP contribution in [0.15, 0.2) is 102 Å². The van der Waals surface area contributed by atoms with E-state index >= 15 is 0 Å². The average molecular weight is 559 g/mol. The van der Waals surface area contributed by atoms with Crippen LogP contribution in [0.2, 0.25) is 0 Å². The molecule has 3 heteroatoms. The monoisotopic (exact) mass is 557 g/mol. The van der Waals surface area contributed by atoms with Crippen LogP contribution in [0.3, 0.4) is 0 Å². The molecule has 0 fully saturated rings. The summed E-state index contributed by atoms with van der Waals surface area (Å²) in [4.78, 5) is 0. The third-order valence-corrected chi connectivity index (χ3v) is 7.33. The Bertz CT molecular complexity index is 1560. The third kappa shape index (κ3) is 5.58. The number of rotatable bonds is 1. The molecule has 0 aliphatic heterocycles. The Hall–Kier alpha value is -2.88. The number of para-hydroxylation sites is 1. The summed E-state index contributed by atoms with van der Waals surface area (Å²) in [5, 5.41) is 5.36. The predicted octanol–water partition coefficient (Wildman–Crippen LogP) is 11.9. The Morgan fingerprint density at radius 1 is 0.694 bits per heavy atom. The molecule has 36 heavy (non-hydrogen) atoms. The maximum Gasteiger partial charge on any atom is 0.0555 e. The van der Waals surface area contributed by atoms with Crippen LogP contribution in [0.25, 0.3) is 47.7 Å². The van der Waals surface area contributed by atoms with Crippen LogP contribution in [0.4, 0.5) is 0 Å². The highest BCUT2D eigenvalue weighted by Gasteiger charge is 2.16. The topological polar surface area (TPSA) is 4.93 Å². The van der Waals surface area contributed by atoms with Gasteiger partial charge in [-0.15, -0.1) is 11.3 Å². The minimum absolute atomic E-state index is 1.10. The summed E-state index contributed by atoms with van der Waals surface area (Å²) in [5.74, 6) is 0. The fraction of sp³-hybridized carbons (Fsp3) is 0.212. The molecule has 4 aromatic carbocycles. The quantitative estimate of drug-likeness (QED) is 0.177. The van der Waals surface area contributed by atoms with Crippen molar-refractivity contribution in [3.05, 3.63) is 102 Å². The standard InChI is InChI=1S/C24H14BrNS.C4H8.C3H8.C2H6/c25-15-9-11-16(12-10-15)26-20-7-3-1-6-19(20)23-21(26)14-13-18-17-5-2-4-8-22(17)27-24(18)23;1-3-4-2;1-3-2;1-2/h1-14H;3-4H,1-2H3;3H2,1-2H3;1-2H3/b;4-3-;;. The largest absolute Gasteiger partial charge is 0.309 e. The second-order valence-corrected chi connectivity index (χ2v) is 10.1. The summed E-state index contributed by atoms with van der Waals surface area (Å²) < 4.78 is 6.20. The summed E-state index contributed by atoms with van der Waals surface area (Å²) in [6, 6.07) is 30.5. The first-order chi connectivity index (χ1) is 17.6. The molecule has 0 saturated heterocycles. The molecule has 0 saturated carbocycles. The number of aromatic nitrogens is 1. The van der Waals surface area contributed by atoms with Gasteiger partial charge < -0.3 is 4.57 Å². The van der Waals surface area contributed by atoms with Gasteiger partial charge in [0.15, 0.2) is 0 Å². The molecular weight excluding hydrogens is 522 g/mol. The molecule has 6 aromatic rings. The van der Waals surface area contributed by atoms with Crippen molar-refractivity contribution in [2.24, 2.45) is 0 Å². The number of halogens is 1. The van der Waals surface area contributed by atoms with Crippen molar-refractivity contribution in [2.75, 3.05) is 0 Å². The van der Waals surface area contributed by atoms with Crippen molar-refractivity contribution in [2.45, 2.75) is 48.0 Å². The van der Waals surface area contributed by atoms with E-state index in [1.165, 1.54) is 54.1 Å². The van der Waals surface area contributed by atoms with Gasteiger partial charge in [-0.3, -0.25) is 0 Å². The molecule has 0 N–H and O–H groups in total. The Kier molecular flexibility index (Phi) is 10.3. The fourth-order valence-electron chi connectivity index (χ4n) is 4.10. The van der Waals surface area contributed by atoms with Gasteiger partial charge in [0.05, 0.1) is 11.0 Å². The molecule has 2 aromatic heterocycles. The highest BCUT2D eigenvalue weighted by molar-refractivity contribution is 9.10. The van der Waals surface area contributed by atoms with Gasteiger partial charge in [-0.05, 0) is 56.3 Å². The lowest BCUT2D eigenvalue weighted by molar-refractivity contribution is 1.09. The molecule has 0 bridgehead atoms. The molecule has 0 unspecified atom stereocenters. The van der Waals surface area contributed by atoms with Crippen LogP contribution in [0.5, 0.6) is 0 Å². The van der Waals surface area contributed by atoms with Gasteiger partial charge in [0.1, 0.15) is 0 Å². The predicted molar refractivity (Wildman–Crippen MR) is 169 cm³/mol. The molecule has 6 rings (SSSR count). The van der Waals surface area contributed by atoms with Crippen molar-refractivity contribution in [1.82, 2.24) is 4.57 Å². The van der Waals surface area contributed by atoms with Crippen LogP contribution in [0.1, 0.15) is 48.0 Å². The highest BCUT2D eigenvalue weighted by atomic mass is 79.9. The molecule has 0 aliphatic carbocycles. The minimum Gasteiger partial charge on any atom is -0.309 e. The van der Waals surface area contributed by atoms with Gasteiger partial charge in [-0.1, -0.05) is 105 Å². The smallest absolute Gasteiger partial charge is 0.0555 e. The average Bonchev–Trinajstić information content (AvgIpc) is 3.47. The summed E-state index contributed by atoms with van der Waals surface area (Å²) >= 11 is 5.45. The lowest BCUT2D eigenvalue weighted by atomic mass is 10.1. The molecule has 1 nitrogen and oxygen atoms in total. The molecular formula is C33H36BrNS. The lowest BCUT2D eigenvalue weighted by Crippen LogP contribution is -1.92. The molecule has 0 aliphatic rings. The van der Waals surface area contributed by atoms with E-state index in [0.29, 0.717) is 0 Å². The number of fused-ring (bicyclic) bond motifs is 7. The van der Waals surface area contributed by atoms with E-state index in [4.69, 9.17) is 0 Å². The first kappa shape index (κ1) is 27.7. The molecule has 0 amide bonds. The zero-order chi connectivity index (χ0) is 26.1. The summed E-state index contributed by atoms with van der Waals surface area (Å²) in [6.45, 7) is 12.2. The van der Waals surface area contributed by atoms with E-state index in [9.17, 15) is 0 Å². The Morgan fingerprint density at radius 2 is 1.28 bits per heavy atom. The van der Waals surface area contributed by atoms with Crippen LogP contribution in [-0.2, 0) is 0 Å². The number of allylic oxidation sites excluding steroid dienone is 2. The van der Waals surface area contributed by atoms with Crippen LogP contribution in [-0.4, -0.2) is 4.57 Å². The molecule has 0 atom stereocenters. The van der Waals surface area contributed by atoms with E-state index in [1.54, 1.807) is 0 Å². The van der Waals surface area contributed by atoms with Crippen molar-refractivity contribution >= 4 is 69.2 Å². The van der Waals surface area contributed by atoms with Crippen molar-refractivity contribution in [1.29, 1.82) is 0 Å². The lowest BCUT2D eigenvalue weighted by Gasteiger charge is -2.07. The van der Waals surface area contributed by atoms with E-state index in [0.717, 1.165) is 4.47 Å². The number of nitrogens with zero attached hydrogens (tertiary/aromatic N) is 1. The van der Waals surface area contributed by atoms with Crippen molar-refractivity contribution in [3.8, 4) is 5.69 Å². The van der Waals surface area contributed by atoms with E-state index < -0.39 is 0 Å². The second kappa shape index (κ2) is 13.4. The number of hydrogen-bond acceptors (Lipinski definition) is 1. The molecule has 186 valence electrons. The zero-order valence-electron chi connectivity index (χ0n) is 22.2. The van der Waals surface area contributed by atoms with Gasteiger partial charge in [-0.2, -0.15) is 0 Å². The summed E-state index contributed by atoms with van der Waals surface area (Å²) in [6.07, 6.45) is 5.25. The normalized spacial score (nSPS) is 10.6. The summed E-state index contributed by atoms with van der Waals surface area (Å²) in [7, 11) is 0. The second-order valence-electron chi connectivity index (χ2n) is 8.14. The van der Waals surface area contributed by atoms with Gasteiger partial charge in [-0.25, -0.2) is 0 Å². The van der Waals surface area contributed by atoms with Gasteiger partial charge in [0.25, 0.3) is 0 Å². The summed E-state index contributed by atoms with van der Waals surface area (Å²) in [5.41, 5.74) is 3.70. The first-order valence-corrected chi connectivity index (χ1v) is 14.4. The number of hydrogen-bond donors (Lipinski definition) is 0. The Balaban J connectivity index is 0.000000355. The van der Waals surface area contributed by atoms with Crippen molar-refractivity contribution in [3.63, 3.8) is 0 Å². The fourth-order valence-corrected chi connectivity index (χ4v) is 5.63. The number of thiophene rings is 1. The highest BCUT2D eigenvalue weighted by Crippen LogP contribution is 2.43. The Labute approximate surface area is 228 Å². The van der Waals surface area contributed by atoms with Crippen molar-refractivity contribution < 1.29 is 0 Å². The maximum atomic E-state index is 3.55. The van der Waals surface area contributed by atoms with E-state index in [2.05, 4.69) is 119 Å². The molecule has 2 heterocycles. The molecule has 0 spiro atoms. The van der Waals surface area contributed by atoms with Gasteiger partial charge in [0.2, 0.25) is 0 Å². The zero-order valence-corrected chi connectivity index (χ0v) is 24.6. The van der Waals surface area contributed by atoms with Crippen LogP contribution in [0, 0.1) is 0 Å². The number of benzene rings is 4. The minimum atomic E-state index is 1.10. The van der Waals surface area contributed by atoms with Gasteiger partial charge >= 0.3 is 0 Å². The molecule has 0 radical (unpaired) electrons. The maximum absolute atomic E-state index is 3.55. The first-order valence-electron chi connectivity index (χ1n) is 12.8. The third-order valence-electron chi connectivity index (χ3n) is 5.60. The van der Waals surface area contributed by atoms with E-state index in [1.807, 2.05) is 51.2 Å². The Morgan fingerprint density at radius 3 is 1.92 bits per heavy atom. The van der Waals surface area contributed by atoms with Gasteiger partial charge in [0, 0.05) is 41.1 Å². The van der Waals surface area contributed by atoms with Crippen LogP contribution < -0.4 is 0 Å². The SMILES string of the molecule is Brc1ccc(-n2c3ccccc3c3c4sc5ccccc5c4ccc32)cc1.C/C=C\C.CC.CCC. The van der Waals surface area contributed by atoms with Crippen LogP contribution >= 0.6 is 27.3 Å². The van der Waals surface area contributed by atoms with E-state index in [-0.39, 0.29) is 0 Å².